The van der Waals surface area contributed by atoms with Crippen molar-refractivity contribution in [3.8, 4) is 6.08 Å². The molecule has 0 bridgehead atoms. The van der Waals surface area contributed by atoms with E-state index >= 15 is 0 Å². The number of nitrogens with zero attached hydrogens (tertiary/aromatic N) is 1. The molecule has 1 aromatic heterocycles. The number of oxazole rings is 1. The lowest BCUT2D eigenvalue weighted by Crippen LogP contribution is -2.15. The highest BCUT2D eigenvalue weighted by atomic mass is 32.1. The molecule has 2 N–H and O–H groups in total. The van der Waals surface area contributed by atoms with Crippen molar-refractivity contribution >= 4 is 17.4 Å². The number of hydrogen-bond acceptors (Lipinski definition) is 4. The second-order valence-electron chi connectivity index (χ2n) is 1.22. The van der Waals surface area contributed by atoms with Gasteiger partial charge in [0.2, 0.25) is 0 Å². The van der Waals surface area contributed by atoms with E-state index in [-0.39, 0.29) is 11.3 Å². The van der Waals surface area contributed by atoms with E-state index < -0.39 is 0 Å². The van der Waals surface area contributed by atoms with Crippen LogP contribution in [0.4, 0.5) is 0 Å². The molecule has 0 atom stereocenters. The summed E-state index contributed by atoms with van der Waals surface area (Å²) in [5.41, 5.74) is 4.99. The molecule has 0 amide bonds. The first kappa shape index (κ1) is 6.03. The molecule has 1 heterocycles. The summed E-state index contributed by atoms with van der Waals surface area (Å²) in [6.07, 6.45) is 2.88. The zero-order valence-corrected chi connectivity index (χ0v) is 5.22. The third kappa shape index (κ3) is 1.69. The van der Waals surface area contributed by atoms with Gasteiger partial charge < -0.3 is 14.9 Å². The van der Waals surface area contributed by atoms with E-state index in [1.807, 2.05) is 0 Å². The van der Waals surface area contributed by atoms with Gasteiger partial charge in [-0.25, -0.2) is 0 Å². The highest BCUT2D eigenvalue weighted by Crippen LogP contribution is 2.03. The van der Waals surface area contributed by atoms with Gasteiger partial charge in [-0.1, -0.05) is 0 Å². The summed E-state index contributed by atoms with van der Waals surface area (Å²) in [7, 11) is 0. The fraction of sp³-hybridized carbons (Fsp3) is 0. The molecule has 5 heteroatoms. The quantitative estimate of drug-likeness (QED) is 0.574. The summed E-state index contributed by atoms with van der Waals surface area (Å²) in [6.45, 7) is 0. The molecule has 1 rings (SSSR count). The molecule has 0 unspecified atom stereocenters. The Morgan fingerprint density at radius 1 is 1.89 bits per heavy atom. The normalized spacial score (nSPS) is 8.89. The van der Waals surface area contributed by atoms with Gasteiger partial charge in [-0.2, -0.15) is 4.98 Å². The second kappa shape index (κ2) is 2.45. The minimum absolute atomic E-state index is 0.0718. The summed E-state index contributed by atoms with van der Waals surface area (Å²) >= 11 is 4.40. The van der Waals surface area contributed by atoms with E-state index in [1.54, 1.807) is 0 Å². The van der Waals surface area contributed by atoms with Gasteiger partial charge in [-0.15, -0.1) is 0 Å². The number of hydrogen-bond donors (Lipinski definition) is 1. The van der Waals surface area contributed by atoms with Crippen LogP contribution in [0.25, 0.3) is 0 Å². The van der Waals surface area contributed by atoms with Crippen molar-refractivity contribution in [3.05, 3.63) is 12.5 Å². The predicted molar refractivity (Wildman–Crippen MR) is 33.9 cm³/mol. The molecule has 0 aliphatic rings. The molecule has 1 aromatic rings. The lowest BCUT2D eigenvalue weighted by Gasteiger charge is -1.91. The van der Waals surface area contributed by atoms with Crippen molar-refractivity contribution in [3.63, 3.8) is 0 Å². The van der Waals surface area contributed by atoms with Crippen molar-refractivity contribution in [2.75, 3.05) is 0 Å². The zero-order valence-electron chi connectivity index (χ0n) is 4.40. The Morgan fingerprint density at radius 3 is 3.11 bits per heavy atom. The molecule has 0 aliphatic heterocycles. The number of thiocarbonyl (C=S) groups is 1. The van der Waals surface area contributed by atoms with Crippen LogP contribution >= 0.6 is 12.2 Å². The molecule has 4 nitrogen and oxygen atoms in total. The van der Waals surface area contributed by atoms with Crippen molar-refractivity contribution in [1.29, 1.82) is 0 Å². The van der Waals surface area contributed by atoms with Crippen LogP contribution < -0.4 is 10.5 Å². The molecule has 48 valence electrons. The molecule has 0 spiro atoms. The minimum atomic E-state index is -0.0996. The van der Waals surface area contributed by atoms with Gasteiger partial charge in [0.05, 0.1) is 6.20 Å². The topological polar surface area (TPSA) is 61.3 Å². The van der Waals surface area contributed by atoms with Crippen LogP contribution in [0.1, 0.15) is 0 Å². The molecule has 9 heavy (non-hydrogen) atoms. The molecule has 0 saturated carbocycles. The first-order chi connectivity index (χ1) is 4.29. The van der Waals surface area contributed by atoms with E-state index in [9.17, 15) is 0 Å². The lowest BCUT2D eigenvalue weighted by molar-refractivity contribution is 0.368. The van der Waals surface area contributed by atoms with E-state index in [2.05, 4.69) is 26.4 Å². The summed E-state index contributed by atoms with van der Waals surface area (Å²) in [5, 5.41) is -0.0996. The standard InChI is InChI=1S/C4H4N2O2S/c5-3(9)8-4-6-1-2-7-4/h1-2H,(H2,5,9). The minimum Gasteiger partial charge on any atom is -0.417 e. The Morgan fingerprint density at radius 2 is 2.67 bits per heavy atom. The van der Waals surface area contributed by atoms with Crippen LogP contribution in [0.15, 0.2) is 16.9 Å². The molecule has 0 saturated heterocycles. The Labute approximate surface area is 56.6 Å². The average Bonchev–Trinajstić information content (AvgIpc) is 2.15. The number of aromatic nitrogens is 1. The van der Waals surface area contributed by atoms with Crippen molar-refractivity contribution in [2.24, 2.45) is 5.73 Å². The van der Waals surface area contributed by atoms with Gasteiger partial charge in [-0.05, 0) is 12.2 Å². The molecule has 0 aromatic carbocycles. The van der Waals surface area contributed by atoms with Gasteiger partial charge >= 0.3 is 6.08 Å². The van der Waals surface area contributed by atoms with Gasteiger partial charge in [0.15, 0.2) is 0 Å². The van der Waals surface area contributed by atoms with Gasteiger partial charge in [0.1, 0.15) is 6.26 Å². The highest BCUT2D eigenvalue weighted by molar-refractivity contribution is 7.80. The third-order valence-corrected chi connectivity index (χ3v) is 0.681. The fourth-order valence-electron chi connectivity index (χ4n) is 0.347. The molecule has 0 fully saturated rings. The number of ether oxygens (including phenoxy) is 1. The van der Waals surface area contributed by atoms with Crippen LogP contribution in [-0.2, 0) is 0 Å². The number of rotatable bonds is 1. The van der Waals surface area contributed by atoms with Gasteiger partial charge in [-0.3, -0.25) is 0 Å². The van der Waals surface area contributed by atoms with Crippen LogP contribution in [-0.4, -0.2) is 10.2 Å². The maximum atomic E-state index is 4.99. The Bertz CT molecular complexity index is 196. The average molecular weight is 144 g/mol. The smallest absolute Gasteiger partial charge is 0.400 e. The molecule has 0 aliphatic carbocycles. The van der Waals surface area contributed by atoms with Crippen molar-refractivity contribution in [2.45, 2.75) is 0 Å². The maximum absolute atomic E-state index is 4.99. The molecule has 0 radical (unpaired) electrons. The number of nitrogens with two attached hydrogens (primary N) is 1. The fourth-order valence-corrected chi connectivity index (χ4v) is 0.418. The van der Waals surface area contributed by atoms with E-state index in [0.717, 1.165) is 0 Å². The van der Waals surface area contributed by atoms with Gasteiger partial charge in [0, 0.05) is 0 Å². The molecular formula is C4H4N2O2S. The van der Waals surface area contributed by atoms with Crippen molar-refractivity contribution in [1.82, 2.24) is 4.98 Å². The maximum Gasteiger partial charge on any atom is 0.400 e. The summed E-state index contributed by atoms with van der Waals surface area (Å²) in [4.78, 5) is 3.60. The molecular weight excluding hydrogens is 140 g/mol. The van der Waals surface area contributed by atoms with Crippen LogP contribution in [0.2, 0.25) is 0 Å². The van der Waals surface area contributed by atoms with E-state index in [4.69, 9.17) is 5.73 Å². The summed E-state index contributed by atoms with van der Waals surface area (Å²) in [5.74, 6) is 0. The highest BCUT2D eigenvalue weighted by Gasteiger charge is 1.96. The summed E-state index contributed by atoms with van der Waals surface area (Å²) in [6, 6.07) is 0. The first-order valence-electron chi connectivity index (χ1n) is 2.16. The van der Waals surface area contributed by atoms with Gasteiger partial charge in [0.25, 0.3) is 5.17 Å². The second-order valence-corrected chi connectivity index (χ2v) is 1.62. The van der Waals surface area contributed by atoms with Crippen LogP contribution in [0, 0.1) is 0 Å². The Kier molecular flexibility index (Phi) is 1.64. The van der Waals surface area contributed by atoms with Crippen LogP contribution in [0.5, 0.6) is 6.08 Å². The Balaban J connectivity index is 2.58. The van der Waals surface area contributed by atoms with E-state index in [0.29, 0.717) is 0 Å². The Hall–Kier alpha value is -1.10. The predicted octanol–water partition coefficient (Wildman–Crippen LogP) is 0.297. The summed E-state index contributed by atoms with van der Waals surface area (Å²) < 4.78 is 9.23. The SMILES string of the molecule is NC(=S)Oc1ncco1. The first-order valence-corrected chi connectivity index (χ1v) is 2.56. The monoisotopic (exact) mass is 144 g/mol. The van der Waals surface area contributed by atoms with Crippen LogP contribution in [0.3, 0.4) is 0 Å². The van der Waals surface area contributed by atoms with E-state index in [1.165, 1.54) is 12.5 Å². The largest absolute Gasteiger partial charge is 0.417 e. The third-order valence-electron chi connectivity index (χ3n) is 0.598. The lowest BCUT2D eigenvalue weighted by atomic mass is 11.0. The van der Waals surface area contributed by atoms with Crippen molar-refractivity contribution < 1.29 is 9.15 Å². The zero-order chi connectivity index (χ0) is 6.69.